The van der Waals surface area contributed by atoms with Gasteiger partial charge in [-0.15, -0.1) is 0 Å². The Bertz CT molecular complexity index is 783. The van der Waals surface area contributed by atoms with Gasteiger partial charge in [0.05, 0.1) is 27.0 Å². The van der Waals surface area contributed by atoms with E-state index < -0.39 is 16.6 Å². The summed E-state index contributed by atoms with van der Waals surface area (Å²) in [6.45, 7) is 0. The van der Waals surface area contributed by atoms with Gasteiger partial charge in [-0.25, -0.2) is 4.39 Å². The van der Waals surface area contributed by atoms with Crippen molar-refractivity contribution in [1.82, 2.24) is 4.98 Å². The van der Waals surface area contributed by atoms with Crippen LogP contribution in [0, 0.1) is 5.82 Å². The molecule has 4 heteroatoms. The zero-order chi connectivity index (χ0) is 13.9. The highest BCUT2D eigenvalue weighted by Crippen LogP contribution is 2.21. The topological polar surface area (TPSA) is 30.0 Å². The molecule has 0 aliphatic carbocycles. The highest BCUT2D eigenvalue weighted by molar-refractivity contribution is 7.84. The van der Waals surface area contributed by atoms with Crippen LogP contribution in [0.15, 0.2) is 65.7 Å². The third kappa shape index (κ3) is 2.47. The van der Waals surface area contributed by atoms with Gasteiger partial charge in [0.15, 0.2) is 0 Å². The fourth-order valence-electron chi connectivity index (χ4n) is 2.13. The van der Waals surface area contributed by atoms with E-state index in [1.165, 1.54) is 6.07 Å². The van der Waals surface area contributed by atoms with E-state index in [1.54, 1.807) is 24.4 Å². The van der Waals surface area contributed by atoms with Gasteiger partial charge >= 0.3 is 0 Å². The summed E-state index contributed by atoms with van der Waals surface area (Å²) in [5, 5.41) is 0.958. The standard InChI is InChI=1S/C16H12FNOS/c17-14-6-2-4-8-16(14)20(19)11-12-9-10-18-15-7-3-1-5-13(12)15/h1-10H,11H2. The first-order valence-corrected chi connectivity index (χ1v) is 7.53. The van der Waals surface area contributed by atoms with E-state index in [2.05, 4.69) is 4.98 Å². The van der Waals surface area contributed by atoms with Crippen LogP contribution < -0.4 is 0 Å². The molecule has 1 aromatic heterocycles. The first kappa shape index (κ1) is 12.9. The summed E-state index contributed by atoms with van der Waals surface area (Å²) in [5.41, 5.74) is 1.77. The van der Waals surface area contributed by atoms with Crippen molar-refractivity contribution in [2.24, 2.45) is 0 Å². The zero-order valence-corrected chi connectivity index (χ0v) is 11.4. The van der Waals surface area contributed by atoms with Crippen LogP contribution in [-0.2, 0) is 16.6 Å². The van der Waals surface area contributed by atoms with Gasteiger partial charge in [0.25, 0.3) is 0 Å². The maximum Gasteiger partial charge on any atom is 0.139 e. The molecule has 0 fully saturated rings. The second kappa shape index (κ2) is 5.51. The Balaban J connectivity index is 1.98. The van der Waals surface area contributed by atoms with E-state index in [9.17, 15) is 8.60 Å². The van der Waals surface area contributed by atoms with Crippen molar-refractivity contribution in [3.8, 4) is 0 Å². The smallest absolute Gasteiger partial charge is 0.139 e. The van der Waals surface area contributed by atoms with Crippen molar-refractivity contribution >= 4 is 21.7 Å². The van der Waals surface area contributed by atoms with Crippen LogP contribution in [0.4, 0.5) is 4.39 Å². The van der Waals surface area contributed by atoms with Crippen LogP contribution >= 0.6 is 0 Å². The lowest BCUT2D eigenvalue weighted by Crippen LogP contribution is -2.00. The van der Waals surface area contributed by atoms with Crippen LogP contribution in [0.1, 0.15) is 5.56 Å². The second-order valence-electron chi connectivity index (χ2n) is 4.41. The molecule has 0 aliphatic heterocycles. The first-order valence-electron chi connectivity index (χ1n) is 6.21. The van der Waals surface area contributed by atoms with Gasteiger partial charge in [0.2, 0.25) is 0 Å². The number of rotatable bonds is 3. The lowest BCUT2D eigenvalue weighted by atomic mass is 10.1. The molecule has 0 saturated heterocycles. The van der Waals surface area contributed by atoms with Gasteiger partial charge in [-0.05, 0) is 29.8 Å². The molecule has 0 N–H and O–H groups in total. The predicted octanol–water partition coefficient (Wildman–Crippen LogP) is 3.68. The maximum atomic E-state index is 13.7. The van der Waals surface area contributed by atoms with Crippen molar-refractivity contribution in [2.45, 2.75) is 10.6 Å². The lowest BCUT2D eigenvalue weighted by molar-refractivity contribution is 0.595. The lowest BCUT2D eigenvalue weighted by Gasteiger charge is -2.06. The molecule has 0 aliphatic rings. The molecule has 0 saturated carbocycles. The van der Waals surface area contributed by atoms with Gasteiger partial charge in [-0.1, -0.05) is 30.3 Å². The van der Waals surface area contributed by atoms with Crippen LogP contribution in [0.3, 0.4) is 0 Å². The summed E-state index contributed by atoms with van der Waals surface area (Å²) >= 11 is 0. The second-order valence-corrected chi connectivity index (χ2v) is 5.83. The van der Waals surface area contributed by atoms with Gasteiger partial charge in [0.1, 0.15) is 5.82 Å². The van der Waals surface area contributed by atoms with Crippen molar-refractivity contribution < 1.29 is 8.60 Å². The third-order valence-electron chi connectivity index (χ3n) is 3.11. The molecule has 1 heterocycles. The number of aromatic nitrogens is 1. The zero-order valence-electron chi connectivity index (χ0n) is 10.6. The van der Waals surface area contributed by atoms with E-state index >= 15 is 0 Å². The number of hydrogen-bond donors (Lipinski definition) is 0. The summed E-state index contributed by atoms with van der Waals surface area (Å²) in [6.07, 6.45) is 1.69. The average Bonchev–Trinajstić information content (AvgIpc) is 2.48. The molecule has 1 unspecified atom stereocenters. The number of fused-ring (bicyclic) bond motifs is 1. The normalized spacial score (nSPS) is 12.4. The summed E-state index contributed by atoms with van der Waals surface area (Å²) < 4.78 is 26.0. The molecule has 3 aromatic rings. The SMILES string of the molecule is O=S(Cc1ccnc2ccccc12)c1ccccc1F. The number of pyridine rings is 1. The predicted molar refractivity (Wildman–Crippen MR) is 78.3 cm³/mol. The third-order valence-corrected chi connectivity index (χ3v) is 4.50. The van der Waals surface area contributed by atoms with E-state index in [0.29, 0.717) is 0 Å². The molecule has 0 spiro atoms. The molecular weight excluding hydrogens is 273 g/mol. The number of benzene rings is 2. The Morgan fingerprint density at radius 2 is 1.75 bits per heavy atom. The minimum atomic E-state index is -1.40. The van der Waals surface area contributed by atoms with E-state index in [1.807, 2.05) is 30.3 Å². The van der Waals surface area contributed by atoms with E-state index in [0.717, 1.165) is 16.5 Å². The van der Waals surface area contributed by atoms with Crippen molar-refractivity contribution in [3.63, 3.8) is 0 Å². The number of para-hydroxylation sites is 1. The van der Waals surface area contributed by atoms with E-state index in [-0.39, 0.29) is 10.6 Å². The molecule has 1 atom stereocenters. The molecule has 0 amide bonds. The van der Waals surface area contributed by atoms with Crippen LogP contribution in [0.2, 0.25) is 0 Å². The Kier molecular flexibility index (Phi) is 3.56. The molecule has 0 radical (unpaired) electrons. The van der Waals surface area contributed by atoms with E-state index in [4.69, 9.17) is 0 Å². The molecule has 0 bridgehead atoms. The summed E-state index contributed by atoms with van der Waals surface area (Å²) in [4.78, 5) is 4.51. The maximum absolute atomic E-state index is 13.7. The number of hydrogen-bond acceptors (Lipinski definition) is 2. The Labute approximate surface area is 118 Å². The number of halogens is 1. The monoisotopic (exact) mass is 285 g/mol. The van der Waals surface area contributed by atoms with Gasteiger partial charge in [-0.2, -0.15) is 0 Å². The molecular formula is C16H12FNOS. The summed E-state index contributed by atoms with van der Waals surface area (Å²) in [7, 11) is -1.40. The highest BCUT2D eigenvalue weighted by atomic mass is 32.2. The van der Waals surface area contributed by atoms with Crippen molar-refractivity contribution in [3.05, 3.63) is 72.2 Å². The number of nitrogens with zero attached hydrogens (tertiary/aromatic N) is 1. The van der Waals surface area contributed by atoms with Crippen LogP contribution in [0.25, 0.3) is 10.9 Å². The fraction of sp³-hybridized carbons (Fsp3) is 0.0625. The molecule has 20 heavy (non-hydrogen) atoms. The molecule has 100 valence electrons. The first-order chi connectivity index (χ1) is 9.75. The molecule has 2 aromatic carbocycles. The largest absolute Gasteiger partial charge is 0.256 e. The van der Waals surface area contributed by atoms with Crippen LogP contribution in [0.5, 0.6) is 0 Å². The van der Waals surface area contributed by atoms with Crippen molar-refractivity contribution in [2.75, 3.05) is 0 Å². The molecule has 2 nitrogen and oxygen atoms in total. The highest BCUT2D eigenvalue weighted by Gasteiger charge is 2.11. The average molecular weight is 285 g/mol. The summed E-state index contributed by atoms with van der Waals surface area (Å²) in [5.74, 6) is -0.145. The minimum absolute atomic E-state index is 0.244. The Hall–Kier alpha value is -2.07. The van der Waals surface area contributed by atoms with Gasteiger partial charge < -0.3 is 0 Å². The Morgan fingerprint density at radius 1 is 1.00 bits per heavy atom. The van der Waals surface area contributed by atoms with Gasteiger partial charge in [-0.3, -0.25) is 9.19 Å². The minimum Gasteiger partial charge on any atom is -0.256 e. The Morgan fingerprint density at radius 3 is 2.60 bits per heavy atom. The van der Waals surface area contributed by atoms with Crippen molar-refractivity contribution in [1.29, 1.82) is 0 Å². The fourth-order valence-corrected chi connectivity index (χ4v) is 3.33. The molecule has 3 rings (SSSR count). The van der Waals surface area contributed by atoms with Gasteiger partial charge in [0, 0.05) is 11.6 Å². The summed E-state index contributed by atoms with van der Waals surface area (Å²) in [6, 6.07) is 15.7. The quantitative estimate of drug-likeness (QED) is 0.734. The van der Waals surface area contributed by atoms with Crippen LogP contribution in [-0.4, -0.2) is 9.19 Å².